The summed E-state index contributed by atoms with van der Waals surface area (Å²) in [4.78, 5) is 214. The molecule has 0 unspecified atom stereocenters. The standard InChI is InChI=1S/C71H104N12O24/c1-41(2)31-52(75-64(98)46(32-42(3)86)33-43-13-17-49(87)18-14-43)67(101)76-53(37-62(95)96)66(100)73-24-29-107-30-28-80-38-48(78-79-80)16-19-50(88)34-45(9-4-5-23-72)68(102)81-25-6-10-55(81)59(90)36-47(39-84)65(99)77-54(40-85)69(103)83-27-8-12-57(83)70(104)82-26-7-11-56(82)58(89)35-44(15-21-60(91)92)63(97)74-51(71(105)106)20-22-61(93)94/h13-14,17-18,38,41,44-47,51-57,84-85,87H,4-12,15-16,19-37,39-40,72H2,1-3H3,(H,73,100)(H,74,97)(H,75,98)(H,76,101)(H,77,99)(H,91,92)(H,93,94)(H,95,96)(H,105,106)/t44-,45-,46+,47+,51+,52-,53+,54-,55+,56+,57+/m1/s1. The molecule has 11 atom stereocenters. The molecule has 3 saturated heterocycles. The second kappa shape index (κ2) is 44.4. The Bertz CT molecular complexity index is 3440. The van der Waals surface area contributed by atoms with E-state index in [1.807, 2.05) is 0 Å². The molecule has 0 bridgehead atoms. The maximum atomic E-state index is 14.4. The highest BCUT2D eigenvalue weighted by Gasteiger charge is 2.46. The van der Waals surface area contributed by atoms with Crippen LogP contribution in [-0.2, 0) is 101 Å². The van der Waals surface area contributed by atoms with Gasteiger partial charge in [-0.25, -0.2) is 9.48 Å². The number of hydrogen-bond donors (Lipinski definition) is 13. The molecule has 2 aromatic rings. The van der Waals surface area contributed by atoms with Crippen LogP contribution in [0, 0.1) is 29.6 Å². The number of Topliss-reactive ketones (excluding diaryl/α,β-unsaturated/α-hetero) is 4. The lowest BCUT2D eigenvalue weighted by Gasteiger charge is -2.33. The van der Waals surface area contributed by atoms with Crippen LogP contribution in [0.5, 0.6) is 5.75 Å². The monoisotopic (exact) mass is 1510 g/mol. The first-order chi connectivity index (χ1) is 50.8. The summed E-state index contributed by atoms with van der Waals surface area (Å²) >= 11 is 0. The van der Waals surface area contributed by atoms with Crippen LogP contribution in [0.25, 0.3) is 0 Å². The molecule has 4 heterocycles. The average Bonchev–Trinajstić information content (AvgIpc) is 1.66. The Morgan fingerprint density at radius 1 is 0.570 bits per heavy atom. The second-order valence-corrected chi connectivity index (χ2v) is 27.9. The Morgan fingerprint density at radius 3 is 1.74 bits per heavy atom. The van der Waals surface area contributed by atoms with Gasteiger partial charge >= 0.3 is 23.9 Å². The Labute approximate surface area is 618 Å². The summed E-state index contributed by atoms with van der Waals surface area (Å²) in [5.41, 5.74) is 6.89. The van der Waals surface area contributed by atoms with Crippen LogP contribution >= 0.6 is 0 Å². The Hall–Kier alpha value is -9.68. The molecule has 5 rings (SSSR count). The summed E-state index contributed by atoms with van der Waals surface area (Å²) in [5, 5.41) is 88.9. The molecule has 3 aliphatic heterocycles. The van der Waals surface area contributed by atoms with E-state index in [1.54, 1.807) is 32.2 Å². The van der Waals surface area contributed by atoms with Gasteiger partial charge in [-0.1, -0.05) is 37.6 Å². The molecule has 36 nitrogen and oxygen atoms in total. The maximum absolute atomic E-state index is 14.4. The number of aromatic hydroxyl groups is 1. The molecule has 0 aliphatic carbocycles. The van der Waals surface area contributed by atoms with Gasteiger partial charge in [0.05, 0.1) is 63.1 Å². The van der Waals surface area contributed by atoms with E-state index < -0.39 is 207 Å². The van der Waals surface area contributed by atoms with Crippen molar-refractivity contribution < 1.29 is 117 Å². The summed E-state index contributed by atoms with van der Waals surface area (Å²) in [6, 6.07) is -3.31. The smallest absolute Gasteiger partial charge is 0.326 e. The number of phenolic OH excluding ortho intramolecular Hbond substituents is 1. The van der Waals surface area contributed by atoms with E-state index in [0.29, 0.717) is 49.9 Å². The van der Waals surface area contributed by atoms with Gasteiger partial charge in [-0.15, -0.1) is 5.10 Å². The topological polar surface area (TPSA) is 551 Å². The van der Waals surface area contributed by atoms with Gasteiger partial charge in [-0.2, -0.15) is 0 Å². The first-order valence-corrected chi connectivity index (χ1v) is 36.4. The number of phenols is 1. The van der Waals surface area contributed by atoms with Crippen molar-refractivity contribution in [3.8, 4) is 5.75 Å². The lowest BCUT2D eigenvalue weighted by atomic mass is 9.91. The van der Waals surface area contributed by atoms with Gasteiger partial charge in [-0.3, -0.25) is 67.1 Å². The molecule has 1 aromatic carbocycles. The molecule has 0 spiro atoms. The molecule has 3 aliphatic rings. The number of carboxylic acids is 4. The van der Waals surface area contributed by atoms with Crippen LogP contribution in [-0.4, -0.2) is 261 Å². The van der Waals surface area contributed by atoms with E-state index in [1.165, 1.54) is 33.5 Å². The number of carboxylic acid groups (broad SMARTS) is 4. The number of hydrogen-bond acceptors (Lipinski definition) is 23. The Kier molecular flexibility index (Phi) is 36.5. The van der Waals surface area contributed by atoms with E-state index in [-0.39, 0.29) is 133 Å². The third kappa shape index (κ3) is 28.9. The Morgan fingerprint density at radius 2 is 1.14 bits per heavy atom. The summed E-state index contributed by atoms with van der Waals surface area (Å²) in [6.45, 7) is 3.71. The first-order valence-electron chi connectivity index (χ1n) is 36.4. The molecular weight excluding hydrogens is 1400 g/mol. The number of nitrogens with zero attached hydrogens (tertiary/aromatic N) is 6. The highest BCUT2D eigenvalue weighted by Crippen LogP contribution is 2.30. The molecule has 0 saturated carbocycles. The number of nitrogens with two attached hydrogens (primary N) is 1. The molecule has 0 radical (unpaired) electrons. The number of ether oxygens (including phenoxy) is 1. The largest absolute Gasteiger partial charge is 0.508 e. The Balaban J connectivity index is 1.10. The minimum absolute atomic E-state index is 0.0103. The molecule has 3 fully saturated rings. The second-order valence-electron chi connectivity index (χ2n) is 27.9. The average molecular weight is 1510 g/mol. The van der Waals surface area contributed by atoms with Crippen LogP contribution in [0.1, 0.15) is 160 Å². The lowest BCUT2D eigenvalue weighted by Crippen LogP contribution is -2.57. The molecule has 1 aromatic heterocycles. The van der Waals surface area contributed by atoms with Crippen molar-refractivity contribution in [2.24, 2.45) is 35.3 Å². The van der Waals surface area contributed by atoms with Crippen molar-refractivity contribution in [1.29, 1.82) is 0 Å². The zero-order valence-corrected chi connectivity index (χ0v) is 60.8. The third-order valence-electron chi connectivity index (χ3n) is 19.0. The summed E-state index contributed by atoms with van der Waals surface area (Å²) in [7, 11) is 0. The fourth-order valence-electron chi connectivity index (χ4n) is 13.4. The highest BCUT2D eigenvalue weighted by atomic mass is 16.5. The van der Waals surface area contributed by atoms with Crippen LogP contribution in [0.4, 0.5) is 0 Å². The molecular formula is C71H104N12O24. The van der Waals surface area contributed by atoms with Crippen molar-refractivity contribution in [3.63, 3.8) is 0 Å². The molecule has 107 heavy (non-hydrogen) atoms. The van der Waals surface area contributed by atoms with Crippen molar-refractivity contribution in [2.75, 3.05) is 59.2 Å². The van der Waals surface area contributed by atoms with E-state index in [9.17, 15) is 107 Å². The SMILES string of the molecule is CC(=O)C[C@@H](Cc1ccc(O)cc1)C(=O)N[C@H](CC(C)C)C(=O)N[C@@H](CC(=O)O)C(=O)NCCOCCn1cc(CCC(=O)C[C@@H](CCCCN)C(=O)N2CCC[C@H]2C(=O)C[C@@H](CO)C(=O)N[C@H](CO)C(=O)N2CCC[C@H]2C(=O)N2CCC[C@H]2C(=O)C[C@@H](CCC(=O)O)C(=O)N[C@@H](CCC(=O)O)C(=O)O)nn1. The first kappa shape index (κ1) is 88.0. The number of rotatable bonds is 50. The normalized spacial score (nSPS) is 17.9. The quantitative estimate of drug-likeness (QED) is 0.0352. The fraction of sp³-hybridized carbons (Fsp3) is 0.662. The van der Waals surface area contributed by atoms with Crippen LogP contribution in [0.15, 0.2) is 30.5 Å². The summed E-state index contributed by atoms with van der Waals surface area (Å²) in [6.07, 6.45) is 0.330. The van der Waals surface area contributed by atoms with Gasteiger partial charge < -0.3 is 92.3 Å². The number of carbonyl (C=O) groups excluding carboxylic acids is 12. The highest BCUT2D eigenvalue weighted by molar-refractivity contribution is 5.99. The molecule has 592 valence electrons. The van der Waals surface area contributed by atoms with Gasteiger partial charge in [0, 0.05) is 95.1 Å². The summed E-state index contributed by atoms with van der Waals surface area (Å²) < 4.78 is 7.13. The number of aryl methyl sites for hydroxylation is 1. The zero-order valence-electron chi connectivity index (χ0n) is 60.8. The van der Waals surface area contributed by atoms with Crippen molar-refractivity contribution in [1.82, 2.24) is 56.3 Å². The predicted octanol–water partition coefficient (Wildman–Crippen LogP) is -1.03. The van der Waals surface area contributed by atoms with E-state index >= 15 is 0 Å². The number of aliphatic carboxylic acids is 4. The van der Waals surface area contributed by atoms with Crippen molar-refractivity contribution >= 4 is 94.3 Å². The van der Waals surface area contributed by atoms with Gasteiger partial charge in [0.2, 0.25) is 47.3 Å². The number of likely N-dealkylation sites (tertiary alicyclic amines) is 3. The molecule has 36 heteroatoms. The number of unbranched alkanes of at least 4 members (excludes halogenated alkanes) is 1. The number of nitrogens with one attached hydrogen (secondary N) is 5. The number of amides is 8. The number of aliphatic hydroxyl groups is 2. The van der Waals surface area contributed by atoms with E-state index in [0.717, 1.165) is 4.90 Å². The molecule has 8 amide bonds. The number of benzene rings is 1. The zero-order chi connectivity index (χ0) is 79.0. The number of ketones is 4. The van der Waals surface area contributed by atoms with E-state index in [2.05, 4.69) is 36.9 Å². The van der Waals surface area contributed by atoms with E-state index in [4.69, 9.17) is 15.6 Å². The lowest BCUT2D eigenvalue weighted by molar-refractivity contribution is -0.149. The van der Waals surface area contributed by atoms with Crippen LogP contribution in [0.3, 0.4) is 0 Å². The number of aromatic nitrogens is 3. The fourth-order valence-corrected chi connectivity index (χ4v) is 13.4. The van der Waals surface area contributed by atoms with Gasteiger partial charge in [0.1, 0.15) is 47.5 Å². The number of carbonyl (C=O) groups is 16. The van der Waals surface area contributed by atoms with Crippen LogP contribution in [0.2, 0.25) is 0 Å². The molecule has 14 N–H and O–H groups in total. The maximum Gasteiger partial charge on any atom is 0.326 e. The third-order valence-corrected chi connectivity index (χ3v) is 19.0. The van der Waals surface area contributed by atoms with Crippen LogP contribution < -0.4 is 32.3 Å². The van der Waals surface area contributed by atoms with Crippen molar-refractivity contribution in [2.45, 2.75) is 211 Å². The van der Waals surface area contributed by atoms with Crippen molar-refractivity contribution in [3.05, 3.63) is 41.7 Å². The predicted molar refractivity (Wildman–Crippen MR) is 374 cm³/mol. The minimum atomic E-state index is -1.67. The number of aliphatic hydroxyl groups excluding tert-OH is 2. The minimum Gasteiger partial charge on any atom is -0.508 e. The van der Waals surface area contributed by atoms with Gasteiger partial charge in [0.25, 0.3) is 0 Å². The van der Waals surface area contributed by atoms with Gasteiger partial charge in [0.15, 0.2) is 11.6 Å². The van der Waals surface area contributed by atoms with Gasteiger partial charge in [-0.05, 0) is 121 Å². The summed E-state index contributed by atoms with van der Waals surface area (Å²) in [5.74, 6) is -18.3.